The summed E-state index contributed by atoms with van der Waals surface area (Å²) in [7, 11) is 4.22. The zero-order valence-corrected chi connectivity index (χ0v) is 12.9. The summed E-state index contributed by atoms with van der Waals surface area (Å²) in [4.78, 5) is 16.2. The van der Waals surface area contributed by atoms with Gasteiger partial charge in [0.2, 0.25) is 5.91 Å². The number of carbonyl (C=O) groups excluding carboxylic acids is 1. The molecule has 0 unspecified atom stereocenters. The highest BCUT2D eigenvalue weighted by atomic mass is 35.5. The van der Waals surface area contributed by atoms with E-state index in [9.17, 15) is 4.79 Å². The first-order valence-electron chi connectivity index (χ1n) is 6.24. The summed E-state index contributed by atoms with van der Waals surface area (Å²) in [5, 5.41) is 0. The molecule has 0 radical (unpaired) electrons. The number of likely N-dealkylation sites (tertiary alicyclic amines) is 1. The Kier molecular flexibility index (Phi) is 6.93. The number of hydrogen-bond acceptors (Lipinski definition) is 3. The molecule has 1 aliphatic heterocycles. The minimum Gasteiger partial charge on any atom is -0.341 e. The summed E-state index contributed by atoms with van der Waals surface area (Å²) >= 11 is 0. The molecule has 18 heavy (non-hydrogen) atoms. The van der Waals surface area contributed by atoms with Gasteiger partial charge in [-0.2, -0.15) is 0 Å². The second kappa shape index (κ2) is 6.94. The van der Waals surface area contributed by atoms with Crippen LogP contribution in [0.5, 0.6) is 0 Å². The van der Waals surface area contributed by atoms with Crippen LogP contribution in [-0.2, 0) is 4.79 Å². The van der Waals surface area contributed by atoms with Crippen LogP contribution in [0.15, 0.2) is 0 Å². The highest BCUT2D eigenvalue weighted by Gasteiger charge is 2.48. The molecule has 6 heteroatoms. The third-order valence-electron chi connectivity index (χ3n) is 3.74. The summed E-state index contributed by atoms with van der Waals surface area (Å²) in [5.74, 6) is 0.933. The van der Waals surface area contributed by atoms with Gasteiger partial charge >= 0.3 is 0 Å². The largest absolute Gasteiger partial charge is 0.341 e. The van der Waals surface area contributed by atoms with Crippen LogP contribution < -0.4 is 5.73 Å². The lowest BCUT2D eigenvalue weighted by molar-refractivity contribution is -0.135. The number of nitrogens with two attached hydrogens (primary N) is 1. The standard InChI is InChI=1S/C12H23N3O.2ClH/c1-14(2)9-10-3-7-15(8-4-10)11(16)12(13)5-6-12;;/h10H,3-9,13H2,1-2H3;2*1H. The first-order chi connectivity index (χ1) is 7.51. The average molecular weight is 298 g/mol. The Morgan fingerprint density at radius 1 is 1.28 bits per heavy atom. The van der Waals surface area contributed by atoms with Gasteiger partial charge in [-0.25, -0.2) is 0 Å². The van der Waals surface area contributed by atoms with Gasteiger partial charge < -0.3 is 15.5 Å². The maximum absolute atomic E-state index is 12.0. The summed E-state index contributed by atoms with van der Waals surface area (Å²) in [6.45, 7) is 2.93. The predicted molar refractivity (Wildman–Crippen MR) is 78.5 cm³/mol. The fraction of sp³-hybridized carbons (Fsp3) is 0.917. The van der Waals surface area contributed by atoms with Crippen LogP contribution in [0, 0.1) is 5.92 Å². The number of halogens is 2. The summed E-state index contributed by atoms with van der Waals surface area (Å²) in [6, 6.07) is 0. The van der Waals surface area contributed by atoms with Crippen LogP contribution >= 0.6 is 24.8 Å². The molecular weight excluding hydrogens is 273 g/mol. The Labute approximate surface area is 122 Å². The van der Waals surface area contributed by atoms with Gasteiger partial charge in [-0.05, 0) is 45.7 Å². The van der Waals surface area contributed by atoms with E-state index in [2.05, 4.69) is 19.0 Å². The molecule has 1 heterocycles. The quantitative estimate of drug-likeness (QED) is 0.849. The minimum atomic E-state index is -0.478. The van der Waals surface area contributed by atoms with E-state index in [0.29, 0.717) is 0 Å². The molecule has 0 bridgehead atoms. The van der Waals surface area contributed by atoms with Crippen molar-refractivity contribution in [3.63, 3.8) is 0 Å². The molecule has 1 saturated heterocycles. The van der Waals surface area contributed by atoms with E-state index in [1.807, 2.05) is 4.90 Å². The lowest BCUT2D eigenvalue weighted by Gasteiger charge is -2.34. The summed E-state index contributed by atoms with van der Waals surface area (Å²) in [5.41, 5.74) is 5.46. The Morgan fingerprint density at radius 2 is 1.78 bits per heavy atom. The number of nitrogens with zero attached hydrogens (tertiary/aromatic N) is 2. The number of carbonyl (C=O) groups is 1. The fourth-order valence-electron chi connectivity index (χ4n) is 2.50. The monoisotopic (exact) mass is 297 g/mol. The molecule has 0 spiro atoms. The van der Waals surface area contributed by atoms with Gasteiger partial charge in [-0.15, -0.1) is 24.8 Å². The Morgan fingerprint density at radius 3 is 2.17 bits per heavy atom. The first-order valence-corrected chi connectivity index (χ1v) is 6.24. The Hall–Kier alpha value is -0.0300. The molecule has 2 fully saturated rings. The molecule has 2 aliphatic rings. The Balaban J connectivity index is 0.00000144. The molecular formula is C12H25Cl2N3O. The van der Waals surface area contributed by atoms with Crippen molar-refractivity contribution in [2.45, 2.75) is 31.2 Å². The molecule has 0 atom stereocenters. The van der Waals surface area contributed by atoms with Gasteiger partial charge in [0.1, 0.15) is 0 Å². The van der Waals surface area contributed by atoms with Crippen LogP contribution in [0.25, 0.3) is 0 Å². The first kappa shape index (κ1) is 18.0. The molecule has 0 aromatic carbocycles. The highest BCUT2D eigenvalue weighted by molar-refractivity contribution is 5.89. The average Bonchev–Trinajstić information content (AvgIpc) is 2.97. The van der Waals surface area contributed by atoms with E-state index in [4.69, 9.17) is 5.73 Å². The zero-order valence-electron chi connectivity index (χ0n) is 11.2. The van der Waals surface area contributed by atoms with Crippen molar-refractivity contribution in [3.8, 4) is 0 Å². The van der Waals surface area contributed by atoms with Crippen molar-refractivity contribution >= 4 is 30.7 Å². The van der Waals surface area contributed by atoms with Crippen LogP contribution in [-0.4, -0.2) is 55.0 Å². The van der Waals surface area contributed by atoms with Gasteiger partial charge in [0.05, 0.1) is 5.54 Å². The van der Waals surface area contributed by atoms with Crippen molar-refractivity contribution in [2.24, 2.45) is 11.7 Å². The van der Waals surface area contributed by atoms with Gasteiger partial charge in [-0.1, -0.05) is 0 Å². The molecule has 0 aromatic rings. The normalized spacial score (nSPS) is 22.1. The summed E-state index contributed by atoms with van der Waals surface area (Å²) in [6.07, 6.45) is 4.01. The second-order valence-corrected chi connectivity index (χ2v) is 5.65. The van der Waals surface area contributed by atoms with E-state index < -0.39 is 5.54 Å². The van der Waals surface area contributed by atoms with Gasteiger partial charge in [0, 0.05) is 19.6 Å². The van der Waals surface area contributed by atoms with Gasteiger partial charge in [0.15, 0.2) is 0 Å². The smallest absolute Gasteiger partial charge is 0.242 e. The van der Waals surface area contributed by atoms with E-state index in [0.717, 1.165) is 51.2 Å². The maximum Gasteiger partial charge on any atom is 0.242 e. The van der Waals surface area contributed by atoms with Crippen LogP contribution in [0.3, 0.4) is 0 Å². The third-order valence-corrected chi connectivity index (χ3v) is 3.74. The van der Waals surface area contributed by atoms with Crippen molar-refractivity contribution in [1.29, 1.82) is 0 Å². The van der Waals surface area contributed by atoms with E-state index in [1.165, 1.54) is 0 Å². The molecule has 108 valence electrons. The predicted octanol–water partition coefficient (Wildman–Crippen LogP) is 1.12. The molecule has 1 amide bonds. The van der Waals surface area contributed by atoms with Crippen molar-refractivity contribution in [1.82, 2.24) is 9.80 Å². The van der Waals surface area contributed by atoms with Crippen LogP contribution in [0.4, 0.5) is 0 Å². The Bertz CT molecular complexity index is 274. The number of amides is 1. The summed E-state index contributed by atoms with van der Waals surface area (Å²) < 4.78 is 0. The fourth-order valence-corrected chi connectivity index (χ4v) is 2.50. The molecule has 0 aromatic heterocycles. The van der Waals surface area contributed by atoms with E-state index >= 15 is 0 Å². The van der Waals surface area contributed by atoms with Crippen LogP contribution in [0.1, 0.15) is 25.7 Å². The van der Waals surface area contributed by atoms with Crippen molar-refractivity contribution < 1.29 is 4.79 Å². The molecule has 2 N–H and O–H groups in total. The van der Waals surface area contributed by atoms with E-state index in [-0.39, 0.29) is 30.7 Å². The van der Waals surface area contributed by atoms with Crippen molar-refractivity contribution in [3.05, 3.63) is 0 Å². The second-order valence-electron chi connectivity index (χ2n) is 5.65. The van der Waals surface area contributed by atoms with E-state index in [1.54, 1.807) is 0 Å². The zero-order chi connectivity index (χ0) is 11.8. The van der Waals surface area contributed by atoms with Gasteiger partial charge in [-0.3, -0.25) is 4.79 Å². The molecule has 4 nitrogen and oxygen atoms in total. The highest BCUT2D eigenvalue weighted by Crippen LogP contribution is 2.35. The minimum absolute atomic E-state index is 0. The lowest BCUT2D eigenvalue weighted by atomic mass is 9.96. The van der Waals surface area contributed by atoms with Crippen LogP contribution in [0.2, 0.25) is 0 Å². The third kappa shape index (κ3) is 4.26. The molecule has 1 aliphatic carbocycles. The number of piperidine rings is 1. The topological polar surface area (TPSA) is 49.6 Å². The molecule has 2 rings (SSSR count). The lowest BCUT2D eigenvalue weighted by Crippen LogP contribution is -2.49. The maximum atomic E-state index is 12.0. The van der Waals surface area contributed by atoms with Crippen molar-refractivity contribution in [2.75, 3.05) is 33.7 Å². The number of hydrogen-bond donors (Lipinski definition) is 1. The number of rotatable bonds is 3. The molecule has 1 saturated carbocycles. The van der Waals surface area contributed by atoms with Gasteiger partial charge in [0.25, 0.3) is 0 Å². The SMILES string of the molecule is CN(C)CC1CCN(C(=O)C2(N)CC2)CC1.Cl.Cl.